The number of ether oxygens (including phenoxy) is 1. The van der Waals surface area contributed by atoms with Gasteiger partial charge in [-0.2, -0.15) is 0 Å². The van der Waals surface area contributed by atoms with E-state index in [1.807, 2.05) is 6.92 Å². The summed E-state index contributed by atoms with van der Waals surface area (Å²) < 4.78 is 5.52. The normalized spacial score (nSPS) is 11.9. The highest BCUT2D eigenvalue weighted by Crippen LogP contribution is 2.35. The molecule has 0 saturated heterocycles. The summed E-state index contributed by atoms with van der Waals surface area (Å²) in [5.41, 5.74) is 6.51. The molecule has 0 heterocycles. The average molecular weight is 293 g/mol. The van der Waals surface area contributed by atoms with E-state index in [9.17, 15) is 10.1 Å². The fourth-order valence-electron chi connectivity index (χ4n) is 1.70. The maximum atomic E-state index is 10.9. The predicted octanol–water partition coefficient (Wildman–Crippen LogP) is 4.06. The van der Waals surface area contributed by atoms with Crippen LogP contribution in [0.15, 0.2) is 42.5 Å². The van der Waals surface area contributed by atoms with Gasteiger partial charge in [0.2, 0.25) is 5.75 Å². The second-order valence-electron chi connectivity index (χ2n) is 4.31. The number of hydrogen-bond acceptors (Lipinski definition) is 4. The molecule has 0 fully saturated rings. The average Bonchev–Trinajstić information content (AvgIpc) is 2.41. The van der Waals surface area contributed by atoms with E-state index in [2.05, 4.69) is 0 Å². The summed E-state index contributed by atoms with van der Waals surface area (Å²) in [6, 6.07) is 11.1. The quantitative estimate of drug-likeness (QED) is 0.681. The molecule has 0 bridgehead atoms. The lowest BCUT2D eigenvalue weighted by molar-refractivity contribution is -0.385. The van der Waals surface area contributed by atoms with Gasteiger partial charge in [0, 0.05) is 12.1 Å². The van der Waals surface area contributed by atoms with Crippen molar-refractivity contribution in [3.05, 3.63) is 63.2 Å². The molecular formula is C14H13ClN2O3. The molecule has 6 heteroatoms. The van der Waals surface area contributed by atoms with Gasteiger partial charge in [-0.1, -0.05) is 29.8 Å². The fourth-order valence-corrected chi connectivity index (χ4v) is 1.92. The molecule has 0 aliphatic heterocycles. The van der Waals surface area contributed by atoms with Gasteiger partial charge in [0.05, 0.1) is 9.95 Å². The first-order valence-electron chi connectivity index (χ1n) is 5.95. The van der Waals surface area contributed by atoms with E-state index in [4.69, 9.17) is 22.1 Å². The van der Waals surface area contributed by atoms with Gasteiger partial charge in [0.25, 0.3) is 0 Å². The zero-order chi connectivity index (χ0) is 14.7. The monoisotopic (exact) mass is 292 g/mol. The smallest absolute Gasteiger partial charge is 0.311 e. The van der Waals surface area contributed by atoms with Crippen LogP contribution in [0.25, 0.3) is 0 Å². The van der Waals surface area contributed by atoms with Crippen molar-refractivity contribution >= 4 is 17.3 Å². The molecule has 0 radical (unpaired) electrons. The summed E-state index contributed by atoms with van der Waals surface area (Å²) in [5.74, 6) is 0.498. The summed E-state index contributed by atoms with van der Waals surface area (Å²) >= 11 is 6.10. The van der Waals surface area contributed by atoms with Crippen LogP contribution in [0.4, 0.5) is 5.69 Å². The second-order valence-corrected chi connectivity index (χ2v) is 4.71. The molecule has 1 atom stereocenters. The van der Waals surface area contributed by atoms with Crippen molar-refractivity contribution in [3.63, 3.8) is 0 Å². The third-order valence-corrected chi connectivity index (χ3v) is 3.06. The predicted molar refractivity (Wildman–Crippen MR) is 77.2 cm³/mol. The highest BCUT2D eigenvalue weighted by molar-refractivity contribution is 6.32. The van der Waals surface area contributed by atoms with Crippen molar-refractivity contribution in [2.45, 2.75) is 13.0 Å². The number of nitrogens with two attached hydrogens (primary N) is 1. The van der Waals surface area contributed by atoms with Crippen LogP contribution in [0, 0.1) is 10.1 Å². The number of nitro groups is 1. The number of hydrogen-bond donors (Lipinski definition) is 1. The van der Waals surface area contributed by atoms with Gasteiger partial charge in [0.1, 0.15) is 5.75 Å². The number of rotatable bonds is 4. The Morgan fingerprint density at radius 2 is 1.95 bits per heavy atom. The molecule has 2 rings (SSSR count). The summed E-state index contributed by atoms with van der Waals surface area (Å²) in [7, 11) is 0. The highest BCUT2D eigenvalue weighted by atomic mass is 35.5. The topological polar surface area (TPSA) is 78.4 Å². The minimum atomic E-state index is -0.500. The maximum Gasteiger partial charge on any atom is 0.311 e. The molecule has 0 aromatic heterocycles. The third kappa shape index (κ3) is 3.07. The Hall–Kier alpha value is -2.11. The SMILES string of the molecule is CC(N)c1ccc(Oc2ccccc2[N+](=O)[O-])c(Cl)c1. The molecule has 0 amide bonds. The summed E-state index contributed by atoms with van der Waals surface area (Å²) in [4.78, 5) is 10.4. The van der Waals surface area contributed by atoms with Crippen LogP contribution in [0.2, 0.25) is 5.02 Å². The van der Waals surface area contributed by atoms with Gasteiger partial charge >= 0.3 is 5.69 Å². The largest absolute Gasteiger partial charge is 0.449 e. The molecule has 2 aromatic carbocycles. The molecule has 2 N–H and O–H groups in total. The fraction of sp³-hybridized carbons (Fsp3) is 0.143. The van der Waals surface area contributed by atoms with E-state index >= 15 is 0 Å². The lowest BCUT2D eigenvalue weighted by Gasteiger charge is -2.11. The molecule has 20 heavy (non-hydrogen) atoms. The lowest BCUT2D eigenvalue weighted by Crippen LogP contribution is -2.04. The van der Waals surface area contributed by atoms with Gasteiger partial charge in [-0.25, -0.2) is 0 Å². The van der Waals surface area contributed by atoms with Crippen molar-refractivity contribution in [2.75, 3.05) is 0 Å². The Kier molecular flexibility index (Phi) is 4.22. The minimum absolute atomic E-state index is 0.111. The van der Waals surface area contributed by atoms with Gasteiger partial charge in [-0.3, -0.25) is 10.1 Å². The maximum absolute atomic E-state index is 10.9. The number of nitro benzene ring substituents is 1. The zero-order valence-corrected chi connectivity index (χ0v) is 11.5. The molecule has 0 aliphatic rings. The van der Waals surface area contributed by atoms with Gasteiger partial charge < -0.3 is 10.5 Å². The summed E-state index contributed by atoms with van der Waals surface area (Å²) in [6.45, 7) is 1.84. The Labute approximate surface area is 121 Å². The van der Waals surface area contributed by atoms with Crippen LogP contribution < -0.4 is 10.5 Å². The van der Waals surface area contributed by atoms with Gasteiger partial charge in [0.15, 0.2) is 0 Å². The summed E-state index contributed by atoms with van der Waals surface area (Å²) in [5, 5.41) is 11.3. The molecule has 0 saturated carbocycles. The zero-order valence-electron chi connectivity index (χ0n) is 10.7. The van der Waals surface area contributed by atoms with Crippen molar-refractivity contribution < 1.29 is 9.66 Å². The Morgan fingerprint density at radius 3 is 2.55 bits per heavy atom. The Balaban J connectivity index is 2.33. The van der Waals surface area contributed by atoms with Crippen LogP contribution >= 0.6 is 11.6 Å². The third-order valence-electron chi connectivity index (χ3n) is 2.76. The Morgan fingerprint density at radius 1 is 1.25 bits per heavy atom. The van der Waals surface area contributed by atoms with E-state index in [1.54, 1.807) is 30.3 Å². The molecule has 0 spiro atoms. The van der Waals surface area contributed by atoms with Gasteiger partial charge in [-0.15, -0.1) is 0 Å². The van der Waals surface area contributed by atoms with E-state index in [-0.39, 0.29) is 17.5 Å². The minimum Gasteiger partial charge on any atom is -0.449 e. The standard InChI is InChI=1S/C14H13ClN2O3/c1-9(16)10-6-7-13(11(15)8-10)20-14-5-3-2-4-12(14)17(18)19/h2-9H,16H2,1H3. The van der Waals surface area contributed by atoms with Crippen LogP contribution in [0.3, 0.4) is 0 Å². The van der Waals surface area contributed by atoms with Crippen LogP contribution in [0.1, 0.15) is 18.5 Å². The van der Waals surface area contributed by atoms with Crippen molar-refractivity contribution in [1.29, 1.82) is 0 Å². The van der Waals surface area contributed by atoms with E-state index < -0.39 is 4.92 Å². The molecule has 5 nitrogen and oxygen atoms in total. The van der Waals surface area contributed by atoms with Crippen molar-refractivity contribution in [3.8, 4) is 11.5 Å². The van der Waals surface area contributed by atoms with Crippen molar-refractivity contribution in [1.82, 2.24) is 0 Å². The molecule has 1 unspecified atom stereocenters. The van der Waals surface area contributed by atoms with Gasteiger partial charge in [-0.05, 0) is 30.7 Å². The van der Waals surface area contributed by atoms with E-state index in [0.29, 0.717) is 10.8 Å². The van der Waals surface area contributed by atoms with Crippen molar-refractivity contribution in [2.24, 2.45) is 5.73 Å². The number of benzene rings is 2. The molecule has 0 aliphatic carbocycles. The van der Waals surface area contributed by atoms with Crippen LogP contribution in [-0.2, 0) is 0 Å². The highest BCUT2D eigenvalue weighted by Gasteiger charge is 2.16. The second kappa shape index (κ2) is 5.90. The first-order valence-corrected chi connectivity index (χ1v) is 6.33. The summed E-state index contributed by atoms with van der Waals surface area (Å²) in [6.07, 6.45) is 0. The van der Waals surface area contributed by atoms with E-state index in [0.717, 1.165) is 5.56 Å². The molecular weight excluding hydrogens is 280 g/mol. The number of para-hydroxylation sites is 2. The van der Waals surface area contributed by atoms with E-state index in [1.165, 1.54) is 12.1 Å². The molecule has 2 aromatic rings. The molecule has 104 valence electrons. The number of halogens is 1. The van der Waals surface area contributed by atoms with Crippen LogP contribution in [0.5, 0.6) is 11.5 Å². The first kappa shape index (κ1) is 14.3. The van der Waals surface area contributed by atoms with Crippen LogP contribution in [-0.4, -0.2) is 4.92 Å². The Bertz CT molecular complexity index is 644. The first-order chi connectivity index (χ1) is 9.49. The number of nitrogens with zero attached hydrogens (tertiary/aromatic N) is 1. The lowest BCUT2D eigenvalue weighted by atomic mass is 10.1.